The maximum absolute atomic E-state index is 11.5. The Kier molecular flexibility index (Phi) is 5.21. The molecule has 110 valence electrons. The topological polar surface area (TPSA) is 61.4 Å². The van der Waals surface area contributed by atoms with Gasteiger partial charge in [-0.15, -0.1) is 0 Å². The molecule has 4 heteroatoms. The molecule has 0 atom stereocenters. The summed E-state index contributed by atoms with van der Waals surface area (Å²) >= 11 is 0. The van der Waals surface area contributed by atoms with Crippen LogP contribution in [-0.2, 0) is 17.8 Å². The second-order valence-corrected chi connectivity index (χ2v) is 4.85. The van der Waals surface area contributed by atoms with Crippen LogP contribution in [-0.4, -0.2) is 17.6 Å². The Morgan fingerprint density at radius 2 is 1.62 bits per heavy atom. The second kappa shape index (κ2) is 7.33. The fourth-order valence-corrected chi connectivity index (χ4v) is 2.00. The number of hydrogen-bond acceptors (Lipinski definition) is 3. The molecule has 0 aliphatic heterocycles. The molecule has 0 spiro atoms. The summed E-state index contributed by atoms with van der Waals surface area (Å²) in [6.07, 6.45) is 0.409. The van der Waals surface area contributed by atoms with Crippen LogP contribution in [0.4, 0.5) is 5.69 Å². The molecule has 0 aromatic heterocycles. The molecular weight excluding hydrogens is 264 g/mol. The fourth-order valence-electron chi connectivity index (χ4n) is 2.00. The minimum absolute atomic E-state index is 0.0438. The number of phenolic OH excluding ortho intramolecular Hbond substituents is 1. The molecule has 0 saturated heterocycles. The van der Waals surface area contributed by atoms with Crippen molar-refractivity contribution in [3.8, 4) is 5.75 Å². The Bertz CT molecular complexity index is 577. The second-order valence-electron chi connectivity index (χ2n) is 4.85. The van der Waals surface area contributed by atoms with E-state index in [-0.39, 0.29) is 11.7 Å². The van der Waals surface area contributed by atoms with Gasteiger partial charge in [0.15, 0.2) is 0 Å². The summed E-state index contributed by atoms with van der Waals surface area (Å²) in [5.74, 6) is 0.316. The van der Waals surface area contributed by atoms with Crippen molar-refractivity contribution in [1.82, 2.24) is 5.32 Å². The van der Waals surface area contributed by atoms with Gasteiger partial charge in [-0.2, -0.15) is 0 Å². The molecule has 21 heavy (non-hydrogen) atoms. The largest absolute Gasteiger partial charge is 0.508 e. The van der Waals surface area contributed by atoms with Crippen molar-refractivity contribution in [3.05, 3.63) is 59.7 Å². The molecule has 0 heterocycles. The van der Waals surface area contributed by atoms with E-state index in [2.05, 4.69) is 10.6 Å². The van der Waals surface area contributed by atoms with Crippen LogP contribution >= 0.6 is 0 Å². The molecule has 2 aromatic rings. The van der Waals surface area contributed by atoms with E-state index in [0.29, 0.717) is 19.5 Å². The van der Waals surface area contributed by atoms with Crippen LogP contribution in [0.1, 0.15) is 18.1 Å². The van der Waals surface area contributed by atoms with Gasteiger partial charge in [0, 0.05) is 18.8 Å². The van der Waals surface area contributed by atoms with Crippen LogP contribution in [0, 0.1) is 0 Å². The van der Waals surface area contributed by atoms with Gasteiger partial charge in [0.1, 0.15) is 5.75 Å². The van der Waals surface area contributed by atoms with Crippen molar-refractivity contribution in [2.75, 3.05) is 11.9 Å². The highest BCUT2D eigenvalue weighted by Crippen LogP contribution is 2.14. The fraction of sp³-hybridized carbons (Fsp3) is 0.235. The van der Waals surface area contributed by atoms with Crippen LogP contribution in [0.2, 0.25) is 0 Å². The number of likely N-dealkylation sites (N-methyl/N-ethyl adjacent to an activating group) is 1. The van der Waals surface area contributed by atoms with E-state index < -0.39 is 0 Å². The zero-order valence-electron chi connectivity index (χ0n) is 12.1. The molecule has 4 nitrogen and oxygen atoms in total. The zero-order valence-corrected chi connectivity index (χ0v) is 12.1. The van der Waals surface area contributed by atoms with Gasteiger partial charge in [-0.25, -0.2) is 0 Å². The molecule has 2 rings (SSSR count). The number of rotatable bonds is 6. The molecule has 0 fully saturated rings. The van der Waals surface area contributed by atoms with Gasteiger partial charge < -0.3 is 15.7 Å². The monoisotopic (exact) mass is 284 g/mol. The van der Waals surface area contributed by atoms with E-state index in [9.17, 15) is 9.90 Å². The SMILES string of the molecule is CCNC(=O)Cc1ccc(NCc2ccc(O)cc2)cc1. The van der Waals surface area contributed by atoms with Crippen LogP contribution in [0.5, 0.6) is 5.75 Å². The normalized spacial score (nSPS) is 10.1. The van der Waals surface area contributed by atoms with E-state index in [1.54, 1.807) is 12.1 Å². The van der Waals surface area contributed by atoms with Crippen molar-refractivity contribution in [3.63, 3.8) is 0 Å². The summed E-state index contributed by atoms with van der Waals surface area (Å²) in [5.41, 5.74) is 3.10. The van der Waals surface area contributed by atoms with Crippen molar-refractivity contribution < 1.29 is 9.90 Å². The number of amides is 1. The van der Waals surface area contributed by atoms with Crippen molar-refractivity contribution in [1.29, 1.82) is 0 Å². The number of phenols is 1. The summed E-state index contributed by atoms with van der Waals surface area (Å²) in [6, 6.07) is 14.9. The molecule has 0 saturated carbocycles. The lowest BCUT2D eigenvalue weighted by atomic mass is 10.1. The maximum atomic E-state index is 11.5. The first-order valence-electron chi connectivity index (χ1n) is 7.05. The first kappa shape index (κ1) is 14.9. The number of hydrogen-bond donors (Lipinski definition) is 3. The Labute approximate surface area is 124 Å². The number of benzene rings is 2. The third kappa shape index (κ3) is 4.84. The number of aromatic hydroxyl groups is 1. The average molecular weight is 284 g/mol. The summed E-state index contributed by atoms with van der Waals surface area (Å²) in [5, 5.41) is 15.3. The molecule has 0 bridgehead atoms. The van der Waals surface area contributed by atoms with E-state index in [1.807, 2.05) is 43.3 Å². The first-order valence-corrected chi connectivity index (χ1v) is 7.05. The van der Waals surface area contributed by atoms with Gasteiger partial charge in [-0.1, -0.05) is 24.3 Å². The molecule has 2 aromatic carbocycles. The minimum atomic E-state index is 0.0438. The van der Waals surface area contributed by atoms with E-state index >= 15 is 0 Å². The van der Waals surface area contributed by atoms with Gasteiger partial charge in [-0.05, 0) is 42.3 Å². The van der Waals surface area contributed by atoms with Crippen molar-refractivity contribution in [2.24, 2.45) is 0 Å². The van der Waals surface area contributed by atoms with E-state index in [1.165, 1.54) is 0 Å². The number of carbonyl (C=O) groups is 1. The quantitative estimate of drug-likeness (QED) is 0.764. The average Bonchev–Trinajstić information content (AvgIpc) is 2.48. The molecular formula is C17H20N2O2. The molecule has 0 radical (unpaired) electrons. The molecule has 0 aliphatic carbocycles. The predicted octanol–water partition coefficient (Wildman–Crippen LogP) is 2.68. The van der Waals surface area contributed by atoms with Gasteiger partial charge in [0.2, 0.25) is 5.91 Å². The van der Waals surface area contributed by atoms with Crippen LogP contribution < -0.4 is 10.6 Å². The standard InChI is InChI=1S/C17H20N2O2/c1-2-18-17(21)11-13-3-7-15(8-4-13)19-12-14-5-9-16(20)10-6-14/h3-10,19-20H,2,11-12H2,1H3,(H,18,21). The lowest BCUT2D eigenvalue weighted by Crippen LogP contribution is -2.24. The van der Waals surface area contributed by atoms with Crippen molar-refractivity contribution >= 4 is 11.6 Å². The maximum Gasteiger partial charge on any atom is 0.224 e. The highest BCUT2D eigenvalue weighted by atomic mass is 16.3. The Hall–Kier alpha value is -2.49. The molecule has 0 unspecified atom stereocenters. The van der Waals surface area contributed by atoms with Crippen molar-refractivity contribution in [2.45, 2.75) is 19.9 Å². The smallest absolute Gasteiger partial charge is 0.224 e. The van der Waals surface area contributed by atoms with E-state index in [0.717, 1.165) is 16.8 Å². The highest BCUT2D eigenvalue weighted by Gasteiger charge is 2.02. The van der Waals surface area contributed by atoms with Crippen LogP contribution in [0.25, 0.3) is 0 Å². The highest BCUT2D eigenvalue weighted by molar-refractivity contribution is 5.78. The Balaban J connectivity index is 1.87. The Morgan fingerprint density at radius 1 is 1.00 bits per heavy atom. The van der Waals surface area contributed by atoms with Gasteiger partial charge in [0.05, 0.1) is 6.42 Å². The minimum Gasteiger partial charge on any atom is -0.508 e. The summed E-state index contributed by atoms with van der Waals surface area (Å²) in [6.45, 7) is 3.26. The first-order chi connectivity index (χ1) is 10.2. The number of carbonyl (C=O) groups excluding carboxylic acids is 1. The number of nitrogens with one attached hydrogen (secondary N) is 2. The van der Waals surface area contributed by atoms with Crippen LogP contribution in [0.3, 0.4) is 0 Å². The number of anilines is 1. The molecule has 1 amide bonds. The van der Waals surface area contributed by atoms with Gasteiger partial charge in [-0.3, -0.25) is 4.79 Å². The summed E-state index contributed by atoms with van der Waals surface area (Å²) < 4.78 is 0. The van der Waals surface area contributed by atoms with Gasteiger partial charge >= 0.3 is 0 Å². The lowest BCUT2D eigenvalue weighted by molar-refractivity contribution is -0.120. The van der Waals surface area contributed by atoms with Crippen LogP contribution in [0.15, 0.2) is 48.5 Å². The third-order valence-electron chi connectivity index (χ3n) is 3.13. The zero-order chi connectivity index (χ0) is 15.1. The third-order valence-corrected chi connectivity index (χ3v) is 3.13. The Morgan fingerprint density at radius 3 is 2.24 bits per heavy atom. The molecule has 3 N–H and O–H groups in total. The predicted molar refractivity (Wildman–Crippen MR) is 84.3 cm³/mol. The van der Waals surface area contributed by atoms with E-state index in [4.69, 9.17) is 0 Å². The molecule has 0 aliphatic rings. The summed E-state index contributed by atoms with van der Waals surface area (Å²) in [7, 11) is 0. The lowest BCUT2D eigenvalue weighted by Gasteiger charge is -2.08. The van der Waals surface area contributed by atoms with Gasteiger partial charge in [0.25, 0.3) is 0 Å². The summed E-state index contributed by atoms with van der Waals surface area (Å²) in [4.78, 5) is 11.5.